The summed E-state index contributed by atoms with van der Waals surface area (Å²) in [6, 6.07) is 0. The van der Waals surface area contributed by atoms with Crippen LogP contribution in [0.25, 0.3) is 0 Å². The van der Waals surface area contributed by atoms with Crippen molar-refractivity contribution >= 4 is 17.1 Å². The van der Waals surface area contributed by atoms with Crippen LogP contribution in [0.2, 0.25) is 0 Å². The zero-order valence-corrected chi connectivity index (χ0v) is 12.0. The summed E-state index contributed by atoms with van der Waals surface area (Å²) in [4.78, 5) is 0. The molecule has 0 spiro atoms. The molecule has 1 nitrogen and oxygen atoms in total. The van der Waals surface area contributed by atoms with Gasteiger partial charge in [-0.2, -0.15) is 0 Å². The zero-order chi connectivity index (χ0) is 0. The van der Waals surface area contributed by atoms with Gasteiger partial charge in [0.2, 0.25) is 0 Å². The van der Waals surface area contributed by atoms with Gasteiger partial charge in [-0.15, -0.1) is 0 Å². The molecule has 0 aliphatic carbocycles. The van der Waals surface area contributed by atoms with Crippen molar-refractivity contribution in [2.24, 2.45) is 0 Å². The third kappa shape index (κ3) is 8.85. The first-order valence-electron chi connectivity index (χ1n) is 0. The van der Waals surface area contributed by atoms with E-state index in [2.05, 4.69) is 0 Å². The standard InChI is InChI=1S/2Cd.O.Se/q2*+2;2*-2. The van der Waals surface area contributed by atoms with E-state index in [0.717, 1.165) is 0 Å². The smallest absolute Gasteiger partial charge is 2.00 e. The fourth-order valence-electron chi connectivity index (χ4n) is 0. The second-order valence-corrected chi connectivity index (χ2v) is 0. The van der Waals surface area contributed by atoms with Gasteiger partial charge in [0.1, 0.15) is 0 Å². The Morgan fingerprint density at radius 3 is 0.750 bits per heavy atom. The summed E-state index contributed by atoms with van der Waals surface area (Å²) in [6.45, 7) is 0. The van der Waals surface area contributed by atoms with Crippen LogP contribution >= 0.6 is 0 Å². The van der Waals surface area contributed by atoms with Crippen LogP contribution in [0.1, 0.15) is 0 Å². The van der Waals surface area contributed by atoms with E-state index in [1.54, 1.807) is 0 Å². The topological polar surface area (TPSA) is 28.5 Å². The van der Waals surface area contributed by atoms with Gasteiger partial charge in [0.25, 0.3) is 0 Å². The molecule has 16 valence electrons. The van der Waals surface area contributed by atoms with E-state index in [-0.39, 0.29) is 77.1 Å². The van der Waals surface area contributed by atoms with Crippen molar-refractivity contribution in [3.05, 3.63) is 0 Å². The minimum absolute atomic E-state index is 0. The Balaban J connectivity index is 0. The Morgan fingerprint density at radius 2 is 0.750 bits per heavy atom. The number of rotatable bonds is 0. The van der Waals surface area contributed by atoms with Crippen LogP contribution in [0.3, 0.4) is 0 Å². The molecule has 0 amide bonds. The second-order valence-electron chi connectivity index (χ2n) is 0. The van der Waals surface area contributed by atoms with E-state index in [1.807, 2.05) is 0 Å². The van der Waals surface area contributed by atoms with Crippen LogP contribution in [-0.4, -0.2) is 17.1 Å². The van der Waals surface area contributed by atoms with Crippen LogP contribution < -0.4 is 0 Å². The van der Waals surface area contributed by atoms with E-state index in [9.17, 15) is 0 Å². The van der Waals surface area contributed by atoms with E-state index < -0.39 is 0 Å². The Kier molecular flexibility index (Phi) is 153. The third-order valence-electron chi connectivity index (χ3n) is 0. The van der Waals surface area contributed by atoms with Crippen molar-refractivity contribution in [2.75, 3.05) is 0 Å². The Labute approximate surface area is 76.0 Å². The molecule has 0 aliphatic rings. The fraction of sp³-hybridized carbons (Fsp3) is 0. The Bertz CT molecular complexity index is 6.00. The molecule has 0 atom stereocenters. The first-order valence-corrected chi connectivity index (χ1v) is 0. The van der Waals surface area contributed by atoms with Crippen LogP contribution in [-0.2, 0) is 60.1 Å². The molecular formula is Cd2OSe. The summed E-state index contributed by atoms with van der Waals surface area (Å²) in [5.74, 6) is 0. The van der Waals surface area contributed by atoms with E-state index in [4.69, 9.17) is 0 Å². The molecule has 0 rings (SSSR count). The first kappa shape index (κ1) is 33.2. The molecule has 0 bridgehead atoms. The average Bonchev–Trinajstić information content (AvgIpc) is 0. The Morgan fingerprint density at radius 1 is 0.750 bits per heavy atom. The van der Waals surface area contributed by atoms with Gasteiger partial charge in [0, 0.05) is 0 Å². The normalized spacial score (nSPS) is 0. The summed E-state index contributed by atoms with van der Waals surface area (Å²) >= 11 is 0. The monoisotopic (exact) mass is 324 g/mol. The second kappa shape index (κ2) is 18.4. The van der Waals surface area contributed by atoms with E-state index in [1.165, 1.54) is 0 Å². The maximum absolute atomic E-state index is 0. The molecular weight excluding hydrogens is 320 g/mol. The molecule has 0 aromatic carbocycles. The van der Waals surface area contributed by atoms with Gasteiger partial charge in [-0.1, -0.05) is 0 Å². The molecule has 4 heavy (non-hydrogen) atoms. The number of hydrogen-bond acceptors (Lipinski definition) is 0. The maximum Gasteiger partial charge on any atom is 2.00 e. The largest absolute Gasteiger partial charge is 2.00 e. The van der Waals surface area contributed by atoms with Gasteiger partial charge in [-0.05, 0) is 0 Å². The summed E-state index contributed by atoms with van der Waals surface area (Å²) < 4.78 is 0. The van der Waals surface area contributed by atoms with Crippen molar-refractivity contribution in [3.8, 4) is 0 Å². The van der Waals surface area contributed by atoms with Gasteiger partial charge in [0.15, 0.2) is 0 Å². The number of hydrogen-bond donors (Lipinski definition) is 0. The van der Waals surface area contributed by atoms with Crippen LogP contribution in [0, 0.1) is 0 Å². The molecule has 0 saturated carbocycles. The van der Waals surface area contributed by atoms with Gasteiger partial charge in [0.05, 0.1) is 0 Å². The summed E-state index contributed by atoms with van der Waals surface area (Å²) in [5, 5.41) is 0. The van der Waals surface area contributed by atoms with Gasteiger partial charge in [-0.3, -0.25) is 0 Å². The molecule has 0 aromatic rings. The summed E-state index contributed by atoms with van der Waals surface area (Å²) in [6.07, 6.45) is 0. The van der Waals surface area contributed by atoms with Crippen LogP contribution in [0.5, 0.6) is 0 Å². The molecule has 0 fully saturated rings. The third-order valence-corrected chi connectivity index (χ3v) is 0. The van der Waals surface area contributed by atoms with Gasteiger partial charge < -0.3 is 22.5 Å². The average molecular weight is 320 g/mol. The zero-order valence-electron chi connectivity index (χ0n) is 2.23. The molecule has 4 heteroatoms. The quantitative estimate of drug-likeness (QED) is 0.539. The molecule has 0 radical (unpaired) electrons. The molecule has 0 N–H and O–H groups in total. The molecule has 0 saturated heterocycles. The van der Waals surface area contributed by atoms with Crippen molar-refractivity contribution in [1.29, 1.82) is 0 Å². The molecule has 0 aliphatic heterocycles. The predicted molar refractivity (Wildman–Crippen MR) is 6.44 cm³/mol. The van der Waals surface area contributed by atoms with Crippen molar-refractivity contribution in [1.82, 2.24) is 0 Å². The Hall–Kier alpha value is 2.32. The van der Waals surface area contributed by atoms with Crippen molar-refractivity contribution in [2.45, 2.75) is 0 Å². The van der Waals surface area contributed by atoms with E-state index >= 15 is 0 Å². The van der Waals surface area contributed by atoms with Crippen molar-refractivity contribution < 1.29 is 60.1 Å². The SMILES string of the molecule is [Cd+2].[Cd+2].[O-2].[Se-2]. The first-order chi connectivity index (χ1) is 0. The van der Waals surface area contributed by atoms with E-state index in [0.29, 0.717) is 0 Å². The fourth-order valence-corrected chi connectivity index (χ4v) is 0. The van der Waals surface area contributed by atoms with Gasteiger partial charge >= 0.3 is 54.6 Å². The molecule has 0 heterocycles. The van der Waals surface area contributed by atoms with Crippen LogP contribution in [0.15, 0.2) is 0 Å². The van der Waals surface area contributed by atoms with Gasteiger partial charge in [-0.25, -0.2) is 0 Å². The summed E-state index contributed by atoms with van der Waals surface area (Å²) in [7, 11) is 0. The predicted octanol–water partition coefficient (Wildman–Crippen LogP) is -0.505. The summed E-state index contributed by atoms with van der Waals surface area (Å²) in [5.41, 5.74) is 0. The minimum Gasteiger partial charge on any atom is -2.00 e. The van der Waals surface area contributed by atoms with Crippen LogP contribution in [0.4, 0.5) is 0 Å². The maximum atomic E-state index is 0. The molecule has 0 aromatic heterocycles. The molecule has 0 unspecified atom stereocenters. The van der Waals surface area contributed by atoms with Crippen molar-refractivity contribution in [3.63, 3.8) is 0 Å². The minimum atomic E-state index is 0.